The van der Waals surface area contributed by atoms with Crippen molar-refractivity contribution in [2.24, 2.45) is 0 Å². The van der Waals surface area contributed by atoms with Crippen molar-refractivity contribution < 1.29 is 14.3 Å². The van der Waals surface area contributed by atoms with Gasteiger partial charge in [-0.2, -0.15) is 4.98 Å². The molecule has 0 aliphatic heterocycles. The zero-order chi connectivity index (χ0) is 11.7. The number of carboxylic acid groups (broad SMARTS) is 1. The van der Waals surface area contributed by atoms with E-state index in [0.29, 0.717) is 22.9 Å². The standard InChI is InChI=1S/C9H10N4O3/c1-4(9(14)15)11-7-6-8(16-3-10-6)13-5(2)12-7/h3-4H,1-2H3,(H,14,15)(H,11,12,13). The molecule has 0 saturated carbocycles. The molecular formula is C9H10N4O3. The third-order valence-corrected chi connectivity index (χ3v) is 2.03. The Morgan fingerprint density at radius 3 is 3.00 bits per heavy atom. The molecule has 2 aromatic heterocycles. The Labute approximate surface area is 90.5 Å². The van der Waals surface area contributed by atoms with Crippen LogP contribution in [0, 0.1) is 6.92 Å². The van der Waals surface area contributed by atoms with Crippen molar-refractivity contribution in [3.05, 3.63) is 12.2 Å². The Morgan fingerprint density at radius 2 is 2.31 bits per heavy atom. The zero-order valence-electron chi connectivity index (χ0n) is 8.76. The van der Waals surface area contributed by atoms with E-state index in [0.717, 1.165) is 0 Å². The van der Waals surface area contributed by atoms with Crippen LogP contribution in [0.3, 0.4) is 0 Å². The minimum absolute atomic E-state index is 0.340. The summed E-state index contributed by atoms with van der Waals surface area (Å²) in [6, 6.07) is -0.755. The fourth-order valence-electron chi connectivity index (χ4n) is 1.24. The molecule has 2 rings (SSSR count). The average molecular weight is 222 g/mol. The second-order valence-electron chi connectivity index (χ2n) is 3.33. The Morgan fingerprint density at radius 1 is 1.56 bits per heavy atom. The van der Waals surface area contributed by atoms with Crippen LogP contribution in [0.2, 0.25) is 0 Å². The number of hydrogen-bond acceptors (Lipinski definition) is 6. The Hall–Kier alpha value is -2.18. The molecule has 0 spiro atoms. The first kappa shape index (κ1) is 10.3. The predicted molar refractivity (Wildman–Crippen MR) is 55.1 cm³/mol. The van der Waals surface area contributed by atoms with Gasteiger partial charge in [-0.05, 0) is 13.8 Å². The molecule has 0 radical (unpaired) electrons. The van der Waals surface area contributed by atoms with Crippen molar-refractivity contribution in [2.75, 3.05) is 5.32 Å². The van der Waals surface area contributed by atoms with E-state index in [1.807, 2.05) is 0 Å². The highest BCUT2D eigenvalue weighted by Crippen LogP contribution is 2.18. The van der Waals surface area contributed by atoms with Crippen LogP contribution in [0.15, 0.2) is 10.8 Å². The molecule has 2 N–H and O–H groups in total. The van der Waals surface area contributed by atoms with Gasteiger partial charge in [0.1, 0.15) is 11.9 Å². The van der Waals surface area contributed by atoms with Gasteiger partial charge >= 0.3 is 5.97 Å². The van der Waals surface area contributed by atoms with Gasteiger partial charge in [-0.3, -0.25) is 4.79 Å². The number of rotatable bonds is 3. The van der Waals surface area contributed by atoms with E-state index in [1.165, 1.54) is 13.3 Å². The Balaban J connectivity index is 2.42. The van der Waals surface area contributed by atoms with Gasteiger partial charge in [0, 0.05) is 0 Å². The number of nitrogens with one attached hydrogen (secondary N) is 1. The molecule has 2 heterocycles. The summed E-state index contributed by atoms with van der Waals surface area (Å²) < 4.78 is 5.03. The van der Waals surface area contributed by atoms with Crippen LogP contribution in [-0.4, -0.2) is 32.1 Å². The lowest BCUT2D eigenvalue weighted by molar-refractivity contribution is -0.137. The molecule has 2 aromatic rings. The number of fused-ring (bicyclic) bond motifs is 1. The minimum atomic E-state index is -0.965. The number of aliphatic carboxylic acids is 1. The molecule has 1 atom stereocenters. The molecule has 0 amide bonds. The van der Waals surface area contributed by atoms with E-state index in [9.17, 15) is 4.79 Å². The first-order valence-corrected chi connectivity index (χ1v) is 4.65. The summed E-state index contributed by atoms with van der Waals surface area (Å²) in [5, 5.41) is 11.5. The van der Waals surface area contributed by atoms with Crippen molar-refractivity contribution in [3.63, 3.8) is 0 Å². The van der Waals surface area contributed by atoms with Crippen molar-refractivity contribution in [3.8, 4) is 0 Å². The number of aromatic nitrogens is 3. The van der Waals surface area contributed by atoms with Crippen LogP contribution in [0.25, 0.3) is 11.2 Å². The molecule has 0 fully saturated rings. The van der Waals surface area contributed by atoms with E-state index in [-0.39, 0.29) is 0 Å². The SMILES string of the molecule is Cc1nc(NC(C)C(=O)O)c2ncoc2n1. The summed E-state index contributed by atoms with van der Waals surface area (Å²) in [6.07, 6.45) is 1.25. The highest BCUT2D eigenvalue weighted by Gasteiger charge is 2.15. The van der Waals surface area contributed by atoms with Crippen LogP contribution in [0.1, 0.15) is 12.7 Å². The summed E-state index contributed by atoms with van der Waals surface area (Å²) >= 11 is 0. The van der Waals surface area contributed by atoms with E-state index in [4.69, 9.17) is 9.52 Å². The van der Waals surface area contributed by atoms with Gasteiger partial charge in [0.15, 0.2) is 17.7 Å². The number of hydrogen-bond donors (Lipinski definition) is 2. The molecule has 0 aromatic carbocycles. The van der Waals surface area contributed by atoms with E-state index < -0.39 is 12.0 Å². The fourth-order valence-corrected chi connectivity index (χ4v) is 1.24. The lowest BCUT2D eigenvalue weighted by Gasteiger charge is -2.09. The first-order valence-electron chi connectivity index (χ1n) is 4.65. The van der Waals surface area contributed by atoms with Gasteiger partial charge in [0.25, 0.3) is 5.71 Å². The second kappa shape index (κ2) is 3.76. The lowest BCUT2D eigenvalue weighted by atomic mass is 10.3. The average Bonchev–Trinajstić information content (AvgIpc) is 2.65. The van der Waals surface area contributed by atoms with Gasteiger partial charge in [-0.25, -0.2) is 9.97 Å². The van der Waals surface area contributed by atoms with Gasteiger partial charge in [0.2, 0.25) is 0 Å². The highest BCUT2D eigenvalue weighted by atomic mass is 16.4. The molecule has 0 bridgehead atoms. The van der Waals surface area contributed by atoms with Gasteiger partial charge < -0.3 is 14.8 Å². The molecule has 7 nitrogen and oxygen atoms in total. The van der Waals surface area contributed by atoms with Crippen LogP contribution >= 0.6 is 0 Å². The molecule has 7 heteroatoms. The molecule has 16 heavy (non-hydrogen) atoms. The topological polar surface area (TPSA) is 101 Å². The Bertz CT molecular complexity index is 537. The zero-order valence-corrected chi connectivity index (χ0v) is 8.76. The van der Waals surface area contributed by atoms with E-state index >= 15 is 0 Å². The highest BCUT2D eigenvalue weighted by molar-refractivity contribution is 5.84. The molecule has 1 unspecified atom stereocenters. The van der Waals surface area contributed by atoms with Crippen molar-refractivity contribution >= 4 is 23.0 Å². The number of aryl methyl sites for hydroxylation is 1. The maximum atomic E-state index is 10.7. The second-order valence-corrected chi connectivity index (χ2v) is 3.33. The van der Waals surface area contributed by atoms with Gasteiger partial charge in [-0.15, -0.1) is 0 Å². The predicted octanol–water partition coefficient (Wildman–Crippen LogP) is 0.811. The molecule has 0 aliphatic rings. The third-order valence-electron chi connectivity index (χ3n) is 2.03. The van der Waals surface area contributed by atoms with Crippen molar-refractivity contribution in [1.82, 2.24) is 15.0 Å². The van der Waals surface area contributed by atoms with Crippen molar-refractivity contribution in [1.29, 1.82) is 0 Å². The Kier molecular flexibility index (Phi) is 2.43. The van der Waals surface area contributed by atoms with Crippen LogP contribution in [-0.2, 0) is 4.79 Å². The number of nitrogens with zero attached hydrogens (tertiary/aromatic N) is 3. The number of anilines is 1. The summed E-state index contributed by atoms with van der Waals surface area (Å²) in [7, 11) is 0. The monoisotopic (exact) mass is 222 g/mol. The van der Waals surface area contributed by atoms with Crippen LogP contribution in [0.5, 0.6) is 0 Å². The quantitative estimate of drug-likeness (QED) is 0.792. The molecule has 0 aliphatic carbocycles. The first-order chi connectivity index (χ1) is 7.58. The summed E-state index contributed by atoms with van der Waals surface area (Å²) in [5.41, 5.74) is 0.770. The van der Waals surface area contributed by atoms with Crippen molar-refractivity contribution in [2.45, 2.75) is 19.9 Å². The third kappa shape index (κ3) is 1.79. The van der Waals surface area contributed by atoms with Crippen LogP contribution < -0.4 is 5.32 Å². The number of oxazole rings is 1. The number of carboxylic acids is 1. The molecule has 84 valence electrons. The van der Waals surface area contributed by atoms with Gasteiger partial charge in [0.05, 0.1) is 0 Å². The maximum Gasteiger partial charge on any atom is 0.325 e. The van der Waals surface area contributed by atoms with Crippen LogP contribution in [0.4, 0.5) is 5.82 Å². The summed E-state index contributed by atoms with van der Waals surface area (Å²) in [4.78, 5) is 22.7. The summed E-state index contributed by atoms with van der Waals surface area (Å²) in [6.45, 7) is 3.21. The minimum Gasteiger partial charge on any atom is -0.480 e. The molecular weight excluding hydrogens is 212 g/mol. The normalized spacial score (nSPS) is 12.6. The molecule has 0 saturated heterocycles. The fraction of sp³-hybridized carbons (Fsp3) is 0.333. The summed E-state index contributed by atoms with van der Waals surface area (Å²) in [5.74, 6) is -0.108. The van der Waals surface area contributed by atoms with E-state index in [1.54, 1.807) is 6.92 Å². The van der Waals surface area contributed by atoms with Gasteiger partial charge in [-0.1, -0.05) is 0 Å². The largest absolute Gasteiger partial charge is 0.480 e. The van der Waals surface area contributed by atoms with E-state index in [2.05, 4.69) is 20.3 Å². The smallest absolute Gasteiger partial charge is 0.325 e. The lowest BCUT2D eigenvalue weighted by Crippen LogP contribution is -2.26. The maximum absolute atomic E-state index is 10.7. The number of carbonyl (C=O) groups is 1.